The Kier molecular flexibility index (Phi) is 6.17. The summed E-state index contributed by atoms with van der Waals surface area (Å²) < 4.78 is 34.9. The molecule has 0 bridgehead atoms. The standard InChI is InChI=1S/C26H29FN7O4P/c1-34-22(39(37,13-6-7-13)14-8-9-14)12-19(33-34)15-4-3-5-18(24(15)38-2)29-20-11-21(31-32-23(20)25(28)35)30-26(36)16-10-17(16)27/h3-5,11-14,16-17H,6-10H2,1-2H3,(H2,28,35)(H2,29,30,31,36)/t16?,17-/m1/s1. The average molecular weight is 554 g/mol. The van der Waals surface area contributed by atoms with E-state index in [4.69, 9.17) is 15.6 Å². The molecule has 0 radical (unpaired) electrons. The first-order chi connectivity index (χ1) is 18.7. The van der Waals surface area contributed by atoms with Gasteiger partial charge in [-0.05, 0) is 50.3 Å². The number of rotatable bonds is 10. The molecule has 2 atom stereocenters. The van der Waals surface area contributed by atoms with Gasteiger partial charge in [-0.1, -0.05) is 6.07 Å². The molecule has 2 aromatic heterocycles. The van der Waals surface area contributed by atoms with E-state index in [1.54, 1.807) is 16.8 Å². The number of para-hydroxylation sites is 1. The Bertz CT molecular complexity index is 1520. The largest absolute Gasteiger partial charge is 0.494 e. The molecule has 13 heteroatoms. The summed E-state index contributed by atoms with van der Waals surface area (Å²) >= 11 is 0. The van der Waals surface area contributed by atoms with E-state index in [0.717, 1.165) is 31.1 Å². The van der Waals surface area contributed by atoms with Gasteiger partial charge in [-0.15, -0.1) is 10.2 Å². The molecule has 39 heavy (non-hydrogen) atoms. The number of methoxy groups -OCH3 is 1. The molecule has 3 saturated carbocycles. The lowest BCUT2D eigenvalue weighted by Crippen LogP contribution is -2.20. The smallest absolute Gasteiger partial charge is 0.271 e. The number of anilines is 3. The zero-order valence-corrected chi connectivity index (χ0v) is 22.5. The van der Waals surface area contributed by atoms with Crippen molar-refractivity contribution in [3.63, 3.8) is 0 Å². The van der Waals surface area contributed by atoms with Crippen LogP contribution in [0.4, 0.5) is 21.6 Å². The molecule has 2 heterocycles. The third-order valence-corrected chi connectivity index (χ3v) is 11.8. The van der Waals surface area contributed by atoms with Gasteiger partial charge in [-0.2, -0.15) is 5.10 Å². The molecule has 11 nitrogen and oxygen atoms in total. The number of halogens is 1. The Morgan fingerprint density at radius 1 is 1.13 bits per heavy atom. The minimum atomic E-state index is -2.54. The van der Waals surface area contributed by atoms with E-state index < -0.39 is 31.0 Å². The fraction of sp³-hybridized carbons (Fsp3) is 0.423. The number of aryl methyl sites for hydroxylation is 1. The van der Waals surface area contributed by atoms with Gasteiger partial charge in [0.15, 0.2) is 17.3 Å². The molecule has 0 spiro atoms. The Morgan fingerprint density at radius 3 is 2.41 bits per heavy atom. The number of benzene rings is 1. The number of amides is 2. The van der Waals surface area contributed by atoms with Crippen LogP contribution in [0.5, 0.6) is 5.75 Å². The first-order valence-electron chi connectivity index (χ1n) is 12.9. The zero-order valence-electron chi connectivity index (χ0n) is 21.6. The number of nitrogens with zero attached hydrogens (tertiary/aromatic N) is 4. The normalized spacial score (nSPS) is 20.4. The second-order valence-electron chi connectivity index (χ2n) is 10.4. The van der Waals surface area contributed by atoms with Crippen LogP contribution in [0.1, 0.15) is 42.6 Å². The molecule has 3 aliphatic carbocycles. The Hall–Kier alpha value is -3.79. The maximum atomic E-state index is 14.1. The second kappa shape index (κ2) is 9.44. The lowest BCUT2D eigenvalue weighted by molar-refractivity contribution is -0.117. The number of hydrogen-bond acceptors (Lipinski definition) is 8. The summed E-state index contributed by atoms with van der Waals surface area (Å²) in [6.07, 6.45) is 2.99. The van der Waals surface area contributed by atoms with Crippen LogP contribution in [0.3, 0.4) is 0 Å². The number of ether oxygens (including phenoxy) is 1. The van der Waals surface area contributed by atoms with Crippen molar-refractivity contribution in [1.82, 2.24) is 20.0 Å². The van der Waals surface area contributed by atoms with Crippen molar-refractivity contribution < 1.29 is 23.3 Å². The molecular formula is C26H29FN7O4P. The molecule has 2 amide bonds. The van der Waals surface area contributed by atoms with Crippen molar-refractivity contribution in [2.75, 3.05) is 17.7 Å². The number of hydrogen-bond donors (Lipinski definition) is 3. The topological polar surface area (TPSA) is 154 Å². The van der Waals surface area contributed by atoms with Gasteiger partial charge in [0.2, 0.25) is 5.91 Å². The molecule has 6 rings (SSSR count). The van der Waals surface area contributed by atoms with Crippen LogP contribution in [0, 0.1) is 5.92 Å². The summed E-state index contributed by atoms with van der Waals surface area (Å²) in [5.41, 5.74) is 8.62. The van der Waals surface area contributed by atoms with Gasteiger partial charge >= 0.3 is 0 Å². The predicted octanol–water partition coefficient (Wildman–Crippen LogP) is 3.34. The second-order valence-corrected chi connectivity index (χ2v) is 13.7. The first-order valence-corrected chi connectivity index (χ1v) is 14.8. The monoisotopic (exact) mass is 553 g/mol. The van der Waals surface area contributed by atoms with Gasteiger partial charge in [-0.3, -0.25) is 14.3 Å². The van der Waals surface area contributed by atoms with Crippen LogP contribution in [0.2, 0.25) is 0 Å². The van der Waals surface area contributed by atoms with Crippen LogP contribution < -0.4 is 26.5 Å². The Labute approximate surface area is 224 Å². The summed E-state index contributed by atoms with van der Waals surface area (Å²) in [7, 11) is 0.801. The van der Waals surface area contributed by atoms with E-state index in [9.17, 15) is 18.5 Å². The fourth-order valence-electron chi connectivity index (χ4n) is 5.09. The van der Waals surface area contributed by atoms with Gasteiger partial charge in [0.25, 0.3) is 5.91 Å². The third kappa shape index (κ3) is 4.67. The summed E-state index contributed by atoms with van der Waals surface area (Å²) in [6.45, 7) is 0. The number of carbonyl (C=O) groups is 2. The van der Waals surface area contributed by atoms with Crippen LogP contribution in [-0.4, -0.2) is 56.4 Å². The van der Waals surface area contributed by atoms with Crippen molar-refractivity contribution in [1.29, 1.82) is 0 Å². The highest BCUT2D eigenvalue weighted by Gasteiger charge is 2.53. The number of primary amides is 1. The van der Waals surface area contributed by atoms with Gasteiger partial charge < -0.3 is 25.7 Å². The molecule has 3 aliphatic rings. The molecule has 3 aromatic rings. The predicted molar refractivity (Wildman–Crippen MR) is 144 cm³/mol. The van der Waals surface area contributed by atoms with Gasteiger partial charge in [0.1, 0.15) is 13.3 Å². The molecule has 1 unspecified atom stereocenters. The minimum absolute atomic E-state index is 0.0481. The number of alkyl halides is 1. The van der Waals surface area contributed by atoms with Gasteiger partial charge in [-0.25, -0.2) is 4.39 Å². The highest BCUT2D eigenvalue weighted by molar-refractivity contribution is 7.73. The maximum absolute atomic E-state index is 14.1. The van der Waals surface area contributed by atoms with Gasteiger partial charge in [0.05, 0.1) is 35.5 Å². The van der Waals surface area contributed by atoms with Crippen molar-refractivity contribution >= 4 is 41.6 Å². The van der Waals surface area contributed by atoms with Crippen LogP contribution in [-0.2, 0) is 16.4 Å². The minimum Gasteiger partial charge on any atom is -0.494 e. The molecular weight excluding hydrogens is 524 g/mol. The highest BCUT2D eigenvalue weighted by atomic mass is 31.2. The molecule has 3 fully saturated rings. The summed E-state index contributed by atoms with van der Waals surface area (Å²) in [6, 6.07) is 8.71. The summed E-state index contributed by atoms with van der Waals surface area (Å²) in [5, 5.41) is 18.1. The van der Waals surface area contributed by atoms with Crippen molar-refractivity contribution in [3.05, 3.63) is 36.0 Å². The van der Waals surface area contributed by atoms with Gasteiger partial charge in [0, 0.05) is 30.0 Å². The van der Waals surface area contributed by atoms with Crippen LogP contribution in [0.25, 0.3) is 11.3 Å². The molecule has 0 saturated heterocycles. The fourth-order valence-corrected chi connectivity index (χ4v) is 9.09. The number of carbonyl (C=O) groups excluding carboxylic acids is 2. The Morgan fingerprint density at radius 2 is 1.82 bits per heavy atom. The lowest BCUT2D eigenvalue weighted by atomic mass is 10.1. The zero-order chi connectivity index (χ0) is 27.5. The number of aromatic nitrogens is 4. The van der Waals surface area contributed by atoms with E-state index in [0.29, 0.717) is 22.7 Å². The molecule has 4 N–H and O–H groups in total. The SMILES string of the molecule is COc1c(Nc2cc(NC(=O)C3C[C@H]3F)nnc2C(N)=O)cccc1-c1cc(P(=O)(C2CC2)C2CC2)n(C)n1. The quantitative estimate of drug-likeness (QED) is 0.323. The van der Waals surface area contributed by atoms with E-state index in [1.165, 1.54) is 13.2 Å². The number of nitrogens with one attached hydrogen (secondary N) is 2. The Balaban J connectivity index is 1.34. The van der Waals surface area contributed by atoms with E-state index in [2.05, 4.69) is 20.8 Å². The highest BCUT2D eigenvalue weighted by Crippen LogP contribution is 2.69. The van der Waals surface area contributed by atoms with Crippen molar-refractivity contribution in [2.45, 2.75) is 49.6 Å². The molecule has 204 valence electrons. The average Bonchev–Trinajstić information content (AvgIpc) is 3.77. The van der Waals surface area contributed by atoms with E-state index in [-0.39, 0.29) is 34.9 Å². The van der Waals surface area contributed by atoms with Crippen molar-refractivity contribution in [3.8, 4) is 17.0 Å². The molecule has 0 aliphatic heterocycles. The third-order valence-electron chi connectivity index (χ3n) is 7.48. The summed E-state index contributed by atoms with van der Waals surface area (Å²) in [4.78, 5) is 24.3. The first kappa shape index (κ1) is 25.5. The molecule has 1 aromatic carbocycles. The maximum Gasteiger partial charge on any atom is 0.271 e. The summed E-state index contributed by atoms with van der Waals surface area (Å²) in [5.74, 6) is -1.56. The van der Waals surface area contributed by atoms with Crippen molar-refractivity contribution in [2.24, 2.45) is 18.7 Å². The van der Waals surface area contributed by atoms with E-state index in [1.807, 2.05) is 19.2 Å². The van der Waals surface area contributed by atoms with Crippen LogP contribution in [0.15, 0.2) is 30.3 Å². The number of nitrogens with two attached hydrogens (primary N) is 1. The lowest BCUT2D eigenvalue weighted by Gasteiger charge is -2.17. The van der Waals surface area contributed by atoms with E-state index >= 15 is 0 Å². The van der Waals surface area contributed by atoms with Crippen LogP contribution >= 0.6 is 7.14 Å².